The summed E-state index contributed by atoms with van der Waals surface area (Å²) < 4.78 is 5.43. The standard InChI is InChI=1S/C27H28N4O4/c1-17(29-23(33)16-35-20-14-12-19(32)13-15-20)26(34)25-27(28)31(2)22-11-7-6-10-21(22)24(30-25)18-8-4-3-5-9-18/h3-15,17,25,27,32H,16,28H2,1-2H3,(H,29,33)/t17?,25?,27-/m0/s1. The summed E-state index contributed by atoms with van der Waals surface area (Å²) in [5.41, 5.74) is 9.84. The van der Waals surface area contributed by atoms with Crippen LogP contribution in [0.4, 0.5) is 5.69 Å². The van der Waals surface area contributed by atoms with Crippen LogP contribution in [0.15, 0.2) is 83.9 Å². The van der Waals surface area contributed by atoms with Gasteiger partial charge in [-0.05, 0) is 37.3 Å². The van der Waals surface area contributed by atoms with Crippen LogP contribution in [0.25, 0.3) is 0 Å². The lowest BCUT2D eigenvalue weighted by Gasteiger charge is -2.30. The maximum absolute atomic E-state index is 13.5. The van der Waals surface area contributed by atoms with Gasteiger partial charge in [0.05, 0.1) is 11.8 Å². The Labute approximate surface area is 204 Å². The number of hydrogen-bond donors (Lipinski definition) is 3. The van der Waals surface area contributed by atoms with Gasteiger partial charge in [0.1, 0.15) is 23.7 Å². The molecule has 0 bridgehead atoms. The predicted molar refractivity (Wildman–Crippen MR) is 135 cm³/mol. The Hall–Kier alpha value is -4.17. The van der Waals surface area contributed by atoms with E-state index in [2.05, 4.69) is 5.32 Å². The van der Waals surface area contributed by atoms with E-state index in [0.717, 1.165) is 16.8 Å². The molecule has 3 atom stereocenters. The number of aliphatic imine (C=N–C) groups is 1. The Morgan fingerprint density at radius 1 is 1.06 bits per heavy atom. The molecule has 3 aromatic rings. The van der Waals surface area contributed by atoms with Crippen LogP contribution >= 0.6 is 0 Å². The van der Waals surface area contributed by atoms with Crippen molar-refractivity contribution in [2.24, 2.45) is 10.7 Å². The molecule has 0 aromatic heterocycles. The molecule has 180 valence electrons. The van der Waals surface area contributed by atoms with E-state index in [-0.39, 0.29) is 18.1 Å². The minimum atomic E-state index is -0.907. The van der Waals surface area contributed by atoms with E-state index in [1.54, 1.807) is 19.1 Å². The zero-order valence-corrected chi connectivity index (χ0v) is 19.6. The van der Waals surface area contributed by atoms with Gasteiger partial charge in [0.15, 0.2) is 12.4 Å². The molecule has 4 rings (SSSR count). The van der Waals surface area contributed by atoms with Crippen molar-refractivity contribution in [3.8, 4) is 11.5 Å². The summed E-state index contributed by atoms with van der Waals surface area (Å²) in [6.07, 6.45) is -0.725. The summed E-state index contributed by atoms with van der Waals surface area (Å²) in [6.45, 7) is 1.34. The van der Waals surface area contributed by atoms with E-state index in [9.17, 15) is 14.7 Å². The Bertz CT molecular complexity index is 1230. The van der Waals surface area contributed by atoms with Crippen molar-refractivity contribution < 1.29 is 19.4 Å². The quantitative estimate of drug-likeness (QED) is 0.486. The smallest absolute Gasteiger partial charge is 0.258 e. The van der Waals surface area contributed by atoms with E-state index < -0.39 is 24.2 Å². The number of Topliss-reactive ketones (excluding diaryl/α,β-unsaturated/α-hetero) is 1. The number of nitrogens with zero attached hydrogens (tertiary/aromatic N) is 2. The molecule has 0 saturated heterocycles. The third kappa shape index (κ3) is 5.33. The fraction of sp³-hybridized carbons (Fsp3) is 0.222. The maximum atomic E-state index is 13.5. The topological polar surface area (TPSA) is 117 Å². The fourth-order valence-corrected chi connectivity index (χ4v) is 4.00. The van der Waals surface area contributed by atoms with Crippen LogP contribution < -0.4 is 20.7 Å². The number of benzene rings is 3. The summed E-state index contributed by atoms with van der Waals surface area (Å²) in [4.78, 5) is 32.6. The van der Waals surface area contributed by atoms with E-state index in [1.165, 1.54) is 12.1 Å². The molecule has 35 heavy (non-hydrogen) atoms. The van der Waals surface area contributed by atoms with Crippen molar-refractivity contribution in [1.82, 2.24) is 5.32 Å². The number of carbonyl (C=O) groups excluding carboxylic acids is 2. The first kappa shape index (κ1) is 24.0. The number of hydrogen-bond acceptors (Lipinski definition) is 7. The van der Waals surface area contributed by atoms with Gasteiger partial charge in [-0.1, -0.05) is 48.5 Å². The van der Waals surface area contributed by atoms with Gasteiger partial charge in [-0.2, -0.15) is 0 Å². The van der Waals surface area contributed by atoms with Crippen molar-refractivity contribution in [2.75, 3.05) is 18.6 Å². The van der Waals surface area contributed by atoms with Gasteiger partial charge in [-0.3, -0.25) is 14.6 Å². The molecule has 1 aliphatic heterocycles. The summed E-state index contributed by atoms with van der Waals surface area (Å²) in [7, 11) is 1.84. The zero-order valence-electron chi connectivity index (χ0n) is 19.6. The average molecular weight is 473 g/mol. The maximum Gasteiger partial charge on any atom is 0.258 e. The number of phenols is 1. The molecule has 0 fully saturated rings. The zero-order chi connectivity index (χ0) is 24.9. The van der Waals surface area contributed by atoms with Gasteiger partial charge >= 0.3 is 0 Å². The van der Waals surface area contributed by atoms with Gasteiger partial charge in [0.25, 0.3) is 5.91 Å². The number of nitrogens with one attached hydrogen (secondary N) is 1. The number of ketones is 1. The highest BCUT2D eigenvalue weighted by molar-refractivity contribution is 6.17. The minimum Gasteiger partial charge on any atom is -0.508 e. The molecule has 0 aliphatic carbocycles. The number of aromatic hydroxyl groups is 1. The Kier molecular flexibility index (Phi) is 7.12. The Morgan fingerprint density at radius 3 is 2.43 bits per heavy atom. The average Bonchev–Trinajstić information content (AvgIpc) is 2.98. The lowest BCUT2D eigenvalue weighted by Crippen LogP contribution is -2.55. The second kappa shape index (κ2) is 10.4. The van der Waals surface area contributed by atoms with Crippen LogP contribution in [0.3, 0.4) is 0 Å². The first-order valence-electron chi connectivity index (χ1n) is 11.3. The molecule has 1 aliphatic rings. The van der Waals surface area contributed by atoms with E-state index >= 15 is 0 Å². The second-order valence-electron chi connectivity index (χ2n) is 8.38. The molecule has 1 heterocycles. The highest BCUT2D eigenvalue weighted by Gasteiger charge is 2.36. The van der Waals surface area contributed by atoms with Crippen LogP contribution in [0.5, 0.6) is 11.5 Å². The van der Waals surface area contributed by atoms with Gasteiger partial charge < -0.3 is 25.8 Å². The molecule has 8 heteroatoms. The van der Waals surface area contributed by atoms with Gasteiger partial charge in [0.2, 0.25) is 0 Å². The molecule has 0 saturated carbocycles. The van der Waals surface area contributed by atoms with Crippen LogP contribution in [0.1, 0.15) is 18.1 Å². The third-order valence-corrected chi connectivity index (χ3v) is 5.93. The number of phenolic OH excluding ortho intramolecular Hbond substituents is 1. The number of carbonyl (C=O) groups is 2. The number of rotatable bonds is 7. The molecule has 1 amide bonds. The van der Waals surface area contributed by atoms with E-state index in [1.807, 2.05) is 66.5 Å². The highest BCUT2D eigenvalue weighted by Crippen LogP contribution is 2.29. The lowest BCUT2D eigenvalue weighted by atomic mass is 10.00. The molecular weight excluding hydrogens is 444 g/mol. The summed E-state index contributed by atoms with van der Waals surface area (Å²) in [5, 5.41) is 12.0. The summed E-state index contributed by atoms with van der Waals surface area (Å²) in [5.74, 6) is -0.226. The van der Waals surface area contributed by atoms with Crippen LogP contribution in [0.2, 0.25) is 0 Å². The molecule has 4 N–H and O–H groups in total. The van der Waals surface area contributed by atoms with Crippen LogP contribution in [-0.2, 0) is 9.59 Å². The largest absolute Gasteiger partial charge is 0.508 e. The van der Waals surface area contributed by atoms with Gasteiger partial charge in [-0.25, -0.2) is 0 Å². The van der Waals surface area contributed by atoms with Crippen molar-refractivity contribution in [3.05, 3.63) is 90.0 Å². The first-order chi connectivity index (χ1) is 16.8. The van der Waals surface area contributed by atoms with Gasteiger partial charge in [-0.15, -0.1) is 0 Å². The minimum absolute atomic E-state index is 0.100. The SMILES string of the molecule is CC(NC(=O)COc1ccc(O)cc1)C(=O)C1N=C(c2ccccc2)c2ccccc2N(C)[C@@H]1N. The monoisotopic (exact) mass is 472 g/mol. The predicted octanol–water partition coefficient (Wildman–Crippen LogP) is 2.49. The first-order valence-corrected chi connectivity index (χ1v) is 11.3. The molecule has 8 nitrogen and oxygen atoms in total. The second-order valence-corrected chi connectivity index (χ2v) is 8.38. The number of para-hydroxylation sites is 1. The molecular formula is C27H28N4O4. The number of nitrogens with two attached hydrogens (primary N) is 1. The number of amides is 1. The van der Waals surface area contributed by atoms with Crippen LogP contribution in [0, 0.1) is 0 Å². The van der Waals surface area contributed by atoms with Crippen molar-refractivity contribution in [2.45, 2.75) is 25.2 Å². The van der Waals surface area contributed by atoms with E-state index in [0.29, 0.717) is 11.5 Å². The summed E-state index contributed by atoms with van der Waals surface area (Å²) >= 11 is 0. The Balaban J connectivity index is 1.54. The van der Waals surface area contributed by atoms with Crippen LogP contribution in [-0.4, -0.2) is 54.4 Å². The number of ether oxygens (including phenoxy) is 1. The lowest BCUT2D eigenvalue weighted by molar-refractivity contribution is -0.129. The van der Waals surface area contributed by atoms with Crippen molar-refractivity contribution >= 4 is 23.1 Å². The van der Waals surface area contributed by atoms with Gasteiger partial charge in [0, 0.05) is 23.9 Å². The molecule has 0 spiro atoms. The summed E-state index contributed by atoms with van der Waals surface area (Å²) in [6, 6.07) is 21.7. The number of fused-ring (bicyclic) bond motifs is 1. The number of anilines is 1. The van der Waals surface area contributed by atoms with E-state index in [4.69, 9.17) is 15.5 Å². The Morgan fingerprint density at radius 2 is 1.71 bits per heavy atom. The molecule has 0 radical (unpaired) electrons. The number of likely N-dealkylation sites (N-methyl/N-ethyl adjacent to an activating group) is 1. The molecule has 2 unspecified atom stereocenters. The fourth-order valence-electron chi connectivity index (χ4n) is 4.00. The highest BCUT2D eigenvalue weighted by atomic mass is 16.5. The number of benzodiazepines with no additional fused rings is 1. The molecule has 3 aromatic carbocycles. The van der Waals surface area contributed by atoms with Crippen molar-refractivity contribution in [3.63, 3.8) is 0 Å². The third-order valence-electron chi connectivity index (χ3n) is 5.93. The van der Waals surface area contributed by atoms with Crippen molar-refractivity contribution in [1.29, 1.82) is 0 Å². The normalized spacial score (nSPS) is 18.0.